The Morgan fingerprint density at radius 1 is 1.17 bits per heavy atom. The van der Waals surface area contributed by atoms with Gasteiger partial charge in [-0.05, 0) is 79.5 Å². The average Bonchev–Trinajstić information content (AvgIpc) is 3.51. The van der Waals surface area contributed by atoms with E-state index in [4.69, 9.17) is 12.2 Å². The van der Waals surface area contributed by atoms with Gasteiger partial charge in [0.05, 0.1) is 17.8 Å². The van der Waals surface area contributed by atoms with Gasteiger partial charge in [0.1, 0.15) is 0 Å². The lowest BCUT2D eigenvalue weighted by atomic mass is 9.95. The molecule has 0 radical (unpaired) electrons. The second-order valence-corrected chi connectivity index (χ2v) is 9.97. The summed E-state index contributed by atoms with van der Waals surface area (Å²) >= 11 is 5.88. The molecule has 35 heavy (non-hydrogen) atoms. The van der Waals surface area contributed by atoms with E-state index in [0.29, 0.717) is 17.6 Å². The zero-order valence-electron chi connectivity index (χ0n) is 20.4. The third-order valence-electron chi connectivity index (χ3n) is 7.26. The molecule has 1 aliphatic carbocycles. The minimum absolute atomic E-state index is 0.0105. The second-order valence-electron chi connectivity index (χ2n) is 9.58. The number of pyridine rings is 1. The lowest BCUT2D eigenvalue weighted by Gasteiger charge is -2.28. The Labute approximate surface area is 212 Å². The first-order valence-electron chi connectivity index (χ1n) is 12.6. The van der Waals surface area contributed by atoms with Crippen molar-refractivity contribution in [3.8, 4) is 0 Å². The number of anilines is 2. The van der Waals surface area contributed by atoms with Crippen LogP contribution in [0.25, 0.3) is 0 Å². The molecule has 1 aliphatic heterocycles. The van der Waals surface area contributed by atoms with Crippen LogP contribution in [0.5, 0.6) is 0 Å². The summed E-state index contributed by atoms with van der Waals surface area (Å²) in [5.41, 5.74) is 5.03. The van der Waals surface area contributed by atoms with E-state index in [0.717, 1.165) is 22.6 Å². The first kappa shape index (κ1) is 23.5. The van der Waals surface area contributed by atoms with Gasteiger partial charge in [-0.25, -0.2) is 0 Å². The fourth-order valence-electron chi connectivity index (χ4n) is 5.36. The summed E-state index contributed by atoms with van der Waals surface area (Å²) in [6, 6.07) is 14.9. The van der Waals surface area contributed by atoms with Crippen LogP contribution >= 0.6 is 12.2 Å². The van der Waals surface area contributed by atoms with E-state index in [9.17, 15) is 4.79 Å². The number of carbonyl (C=O) groups is 1. The summed E-state index contributed by atoms with van der Waals surface area (Å²) < 4.78 is 2.40. The molecule has 6 nitrogen and oxygen atoms in total. The Bertz CT molecular complexity index is 1200. The van der Waals surface area contributed by atoms with Crippen LogP contribution in [0.2, 0.25) is 0 Å². The Morgan fingerprint density at radius 3 is 2.71 bits per heavy atom. The molecule has 2 aromatic heterocycles. The number of aromatic nitrogens is 2. The van der Waals surface area contributed by atoms with Crippen LogP contribution in [0.4, 0.5) is 11.4 Å². The molecule has 1 amide bonds. The Hall–Kier alpha value is -3.19. The summed E-state index contributed by atoms with van der Waals surface area (Å²) in [7, 11) is 0. The van der Waals surface area contributed by atoms with Crippen molar-refractivity contribution in [1.82, 2.24) is 14.9 Å². The number of hydrogen-bond donors (Lipinski definition) is 2. The van der Waals surface area contributed by atoms with E-state index in [1.807, 2.05) is 44.3 Å². The highest BCUT2D eigenvalue weighted by Crippen LogP contribution is 2.43. The normalized spacial score (nSPS) is 20.6. The van der Waals surface area contributed by atoms with Crippen molar-refractivity contribution in [3.05, 3.63) is 77.9 Å². The average molecular weight is 488 g/mol. The smallest absolute Gasteiger partial charge is 0.224 e. The first-order valence-corrected chi connectivity index (χ1v) is 13.0. The van der Waals surface area contributed by atoms with Crippen LogP contribution < -0.4 is 15.5 Å². The van der Waals surface area contributed by atoms with Crippen molar-refractivity contribution >= 4 is 34.6 Å². The largest absolute Gasteiger partial charge is 0.351 e. The molecule has 3 aromatic rings. The van der Waals surface area contributed by atoms with Crippen molar-refractivity contribution in [2.24, 2.45) is 0 Å². The maximum absolute atomic E-state index is 11.9. The maximum atomic E-state index is 11.9. The highest BCUT2D eigenvalue weighted by molar-refractivity contribution is 7.80. The van der Waals surface area contributed by atoms with Gasteiger partial charge in [0, 0.05) is 42.4 Å². The van der Waals surface area contributed by atoms with Crippen molar-refractivity contribution in [3.63, 3.8) is 0 Å². The Kier molecular flexibility index (Phi) is 6.86. The Balaban J connectivity index is 1.52. The van der Waals surface area contributed by atoms with Crippen molar-refractivity contribution in [2.45, 2.75) is 70.5 Å². The van der Waals surface area contributed by atoms with Crippen molar-refractivity contribution in [2.75, 3.05) is 10.2 Å². The predicted molar refractivity (Wildman–Crippen MR) is 145 cm³/mol. The molecule has 0 unspecified atom stereocenters. The van der Waals surface area contributed by atoms with Crippen molar-refractivity contribution < 1.29 is 4.79 Å². The quantitative estimate of drug-likeness (QED) is 0.404. The van der Waals surface area contributed by atoms with E-state index < -0.39 is 0 Å². The van der Waals surface area contributed by atoms with Gasteiger partial charge >= 0.3 is 0 Å². The van der Waals surface area contributed by atoms with Crippen LogP contribution in [0.3, 0.4) is 0 Å². The molecule has 1 saturated carbocycles. The number of carbonyl (C=O) groups excluding carboxylic acids is 1. The van der Waals surface area contributed by atoms with Gasteiger partial charge in [-0.2, -0.15) is 0 Å². The van der Waals surface area contributed by atoms with Gasteiger partial charge in [-0.15, -0.1) is 0 Å². The molecular formula is C28H33N5OS. The van der Waals surface area contributed by atoms with Gasteiger partial charge in [0.25, 0.3) is 0 Å². The van der Waals surface area contributed by atoms with Gasteiger partial charge in [0.2, 0.25) is 5.91 Å². The number of nitrogens with one attached hydrogen (secondary N) is 2. The molecule has 2 N–H and O–H groups in total. The molecule has 2 atom stereocenters. The fraction of sp³-hybridized carbons (Fsp3) is 0.393. The minimum Gasteiger partial charge on any atom is -0.351 e. The third kappa shape index (κ3) is 4.82. The van der Waals surface area contributed by atoms with Gasteiger partial charge in [-0.3, -0.25) is 9.78 Å². The summed E-state index contributed by atoms with van der Waals surface area (Å²) in [5.74, 6) is 0.0105. The SMILES string of the molecule is CCC(=O)Nc1ccc(N2C(=S)N[C@H](c3ccccn3)[C@@H]2c2ccn(C3CCCCC3)c2)cc1C. The summed E-state index contributed by atoms with van der Waals surface area (Å²) in [6.07, 6.45) is 13.3. The zero-order valence-corrected chi connectivity index (χ0v) is 21.2. The van der Waals surface area contributed by atoms with Crippen molar-refractivity contribution in [1.29, 1.82) is 0 Å². The molecule has 7 heteroatoms. The second kappa shape index (κ2) is 10.2. The molecule has 1 aromatic carbocycles. The van der Waals surface area contributed by atoms with E-state index in [-0.39, 0.29) is 18.0 Å². The van der Waals surface area contributed by atoms with Gasteiger partial charge in [-0.1, -0.05) is 32.3 Å². The predicted octanol–water partition coefficient (Wildman–Crippen LogP) is 6.22. The molecular weight excluding hydrogens is 454 g/mol. The number of thiocarbonyl (C=S) groups is 1. The number of nitrogens with zero attached hydrogens (tertiary/aromatic N) is 3. The van der Waals surface area contributed by atoms with E-state index in [1.165, 1.54) is 37.7 Å². The number of aryl methyl sites for hydroxylation is 1. The molecule has 182 valence electrons. The molecule has 2 aliphatic rings. The zero-order chi connectivity index (χ0) is 24.4. The molecule has 0 bridgehead atoms. The maximum Gasteiger partial charge on any atom is 0.224 e. The molecule has 0 spiro atoms. The number of benzene rings is 1. The van der Waals surface area contributed by atoms with Crippen LogP contribution in [-0.4, -0.2) is 20.6 Å². The molecule has 1 saturated heterocycles. The van der Waals surface area contributed by atoms with Gasteiger partial charge < -0.3 is 20.1 Å². The lowest BCUT2D eigenvalue weighted by molar-refractivity contribution is -0.115. The van der Waals surface area contributed by atoms with E-state index in [1.54, 1.807) is 0 Å². The minimum atomic E-state index is -0.0642. The summed E-state index contributed by atoms with van der Waals surface area (Å²) in [4.78, 5) is 18.8. The molecule has 5 rings (SSSR count). The van der Waals surface area contributed by atoms with Crippen LogP contribution in [0.1, 0.15) is 80.4 Å². The Morgan fingerprint density at radius 2 is 2.00 bits per heavy atom. The summed E-state index contributed by atoms with van der Waals surface area (Å²) in [6.45, 7) is 3.88. The molecule has 3 heterocycles. The van der Waals surface area contributed by atoms with Gasteiger partial charge in [0.15, 0.2) is 5.11 Å². The highest BCUT2D eigenvalue weighted by Gasteiger charge is 2.41. The monoisotopic (exact) mass is 487 g/mol. The number of amides is 1. The first-order chi connectivity index (χ1) is 17.0. The highest BCUT2D eigenvalue weighted by atomic mass is 32.1. The summed E-state index contributed by atoms with van der Waals surface area (Å²) in [5, 5.41) is 7.22. The van der Waals surface area contributed by atoms with Crippen LogP contribution in [-0.2, 0) is 4.79 Å². The van der Waals surface area contributed by atoms with E-state index >= 15 is 0 Å². The van der Waals surface area contributed by atoms with E-state index in [2.05, 4.69) is 55.7 Å². The van der Waals surface area contributed by atoms with Crippen LogP contribution in [0.15, 0.2) is 61.1 Å². The fourth-order valence-corrected chi connectivity index (χ4v) is 5.71. The third-order valence-corrected chi connectivity index (χ3v) is 7.57. The standard InChI is InChI=1S/C28H33N5OS/c1-3-25(34)30-23-13-12-22(17-19(23)2)33-27(26(31-28(33)35)24-11-7-8-15-29-24)20-14-16-32(18-20)21-9-5-4-6-10-21/h7-8,11-18,21,26-27H,3-6,9-10H2,1-2H3,(H,30,34)(H,31,35)/t26-,27+/m1/s1. The number of rotatable bonds is 6. The topological polar surface area (TPSA) is 62.2 Å². The van der Waals surface area contributed by atoms with Crippen LogP contribution in [0, 0.1) is 6.92 Å². The molecule has 2 fully saturated rings. The lowest BCUT2D eigenvalue weighted by Crippen LogP contribution is -2.29. The number of hydrogen-bond acceptors (Lipinski definition) is 3.